The van der Waals surface area contributed by atoms with Crippen molar-refractivity contribution in [1.82, 2.24) is 14.4 Å². The molecule has 2 amide bonds. The van der Waals surface area contributed by atoms with Crippen LogP contribution < -0.4 is 0 Å². The van der Waals surface area contributed by atoms with Crippen molar-refractivity contribution in [2.75, 3.05) is 26.2 Å². The molecule has 0 spiro atoms. The number of aromatic nitrogens is 1. The Labute approximate surface area is 187 Å². The second kappa shape index (κ2) is 10.9. The van der Waals surface area contributed by atoms with Crippen molar-refractivity contribution < 1.29 is 23.5 Å². The molecule has 1 aliphatic heterocycles. The van der Waals surface area contributed by atoms with Crippen LogP contribution in [0.25, 0.3) is 0 Å². The lowest BCUT2D eigenvalue weighted by molar-refractivity contribution is -0.146. The number of amides is 2. The number of esters is 1. The van der Waals surface area contributed by atoms with Crippen LogP contribution in [0.3, 0.4) is 0 Å². The van der Waals surface area contributed by atoms with E-state index in [1.165, 1.54) is 11.0 Å². The molecule has 8 heteroatoms. The summed E-state index contributed by atoms with van der Waals surface area (Å²) in [6, 6.07) is 9.68. The first kappa shape index (κ1) is 23.5. The van der Waals surface area contributed by atoms with Crippen molar-refractivity contribution in [3.05, 3.63) is 59.7 Å². The third-order valence-corrected chi connectivity index (χ3v) is 5.58. The molecule has 172 valence electrons. The highest BCUT2D eigenvalue weighted by Gasteiger charge is 2.34. The molecule has 1 atom stereocenters. The summed E-state index contributed by atoms with van der Waals surface area (Å²) in [5.74, 6) is -1.32. The zero-order chi connectivity index (χ0) is 23.1. The van der Waals surface area contributed by atoms with Crippen LogP contribution in [0.2, 0.25) is 0 Å². The molecule has 0 saturated carbocycles. The number of fused-ring (bicyclic) bond motifs is 1. The van der Waals surface area contributed by atoms with Gasteiger partial charge in [-0.15, -0.1) is 0 Å². The minimum atomic E-state index is -0.564. The molecule has 0 N–H and O–H groups in total. The lowest BCUT2D eigenvalue weighted by Gasteiger charge is -2.38. The molecular formula is C24H30FN3O4. The summed E-state index contributed by atoms with van der Waals surface area (Å²) in [5.41, 5.74) is 1.27. The molecular weight excluding hydrogens is 413 g/mol. The summed E-state index contributed by atoms with van der Waals surface area (Å²) >= 11 is 0. The minimum Gasteiger partial charge on any atom is -0.466 e. The average Bonchev–Trinajstić information content (AvgIpc) is 3.26. The summed E-state index contributed by atoms with van der Waals surface area (Å²) < 4.78 is 21.6. The lowest BCUT2D eigenvalue weighted by atomic mass is 9.99. The Morgan fingerprint density at radius 3 is 2.59 bits per heavy atom. The van der Waals surface area contributed by atoms with Gasteiger partial charge >= 0.3 is 5.97 Å². The molecule has 1 aromatic carbocycles. The highest BCUT2D eigenvalue weighted by molar-refractivity contribution is 5.87. The third-order valence-electron chi connectivity index (χ3n) is 5.58. The van der Waals surface area contributed by atoms with Crippen LogP contribution in [-0.4, -0.2) is 58.4 Å². The average molecular weight is 444 g/mol. The van der Waals surface area contributed by atoms with Crippen molar-refractivity contribution in [2.45, 2.75) is 45.7 Å². The maximum atomic E-state index is 14.7. The van der Waals surface area contributed by atoms with Gasteiger partial charge in [-0.05, 0) is 31.5 Å². The molecule has 3 rings (SSSR count). The van der Waals surface area contributed by atoms with Crippen molar-refractivity contribution >= 4 is 17.8 Å². The van der Waals surface area contributed by atoms with Gasteiger partial charge in [0.15, 0.2) is 0 Å². The molecule has 1 aliphatic rings. The summed E-state index contributed by atoms with van der Waals surface area (Å²) in [4.78, 5) is 40.8. The normalized spacial score (nSPS) is 15.2. The van der Waals surface area contributed by atoms with E-state index in [0.29, 0.717) is 31.6 Å². The van der Waals surface area contributed by atoms with Gasteiger partial charge < -0.3 is 19.1 Å². The van der Waals surface area contributed by atoms with Gasteiger partial charge in [0.2, 0.25) is 11.8 Å². The van der Waals surface area contributed by atoms with Gasteiger partial charge in [0.1, 0.15) is 11.9 Å². The second-order valence-corrected chi connectivity index (χ2v) is 7.76. The first-order chi connectivity index (χ1) is 15.5. The number of carbonyl (C=O) groups excluding carboxylic acids is 3. The number of nitrogens with zero attached hydrogens (tertiary/aromatic N) is 3. The van der Waals surface area contributed by atoms with Gasteiger partial charge in [-0.2, -0.15) is 0 Å². The van der Waals surface area contributed by atoms with Gasteiger partial charge in [0.05, 0.1) is 19.6 Å². The largest absolute Gasteiger partial charge is 0.466 e. The number of hydrogen-bond acceptors (Lipinski definition) is 4. The zero-order valence-corrected chi connectivity index (χ0v) is 18.6. The fraction of sp³-hybridized carbons (Fsp3) is 0.458. The SMILES string of the molecule is CCCN(CC(=O)N1CCn2cccc2C1c1ccccc1F)C(=O)CCC(=O)OCC. The van der Waals surface area contributed by atoms with Crippen LogP contribution in [0.5, 0.6) is 0 Å². The van der Waals surface area contributed by atoms with Gasteiger partial charge in [-0.3, -0.25) is 14.4 Å². The molecule has 1 aromatic heterocycles. The maximum Gasteiger partial charge on any atom is 0.306 e. The Kier molecular flexibility index (Phi) is 8.03. The van der Waals surface area contributed by atoms with E-state index in [0.717, 1.165) is 5.69 Å². The fourth-order valence-electron chi connectivity index (χ4n) is 4.09. The first-order valence-electron chi connectivity index (χ1n) is 11.1. The van der Waals surface area contributed by atoms with Gasteiger partial charge in [0.25, 0.3) is 0 Å². The predicted octanol–water partition coefficient (Wildman–Crippen LogP) is 3.14. The van der Waals surface area contributed by atoms with Crippen LogP contribution in [-0.2, 0) is 25.7 Å². The Morgan fingerprint density at radius 2 is 1.88 bits per heavy atom. The Bertz CT molecular complexity index is 958. The molecule has 0 aliphatic carbocycles. The summed E-state index contributed by atoms with van der Waals surface area (Å²) in [6.07, 6.45) is 2.58. The van der Waals surface area contributed by atoms with Gasteiger partial charge in [-0.25, -0.2) is 4.39 Å². The first-order valence-corrected chi connectivity index (χ1v) is 11.1. The third kappa shape index (κ3) is 5.36. The quantitative estimate of drug-likeness (QED) is 0.558. The Balaban J connectivity index is 1.78. The van der Waals surface area contributed by atoms with Crippen molar-refractivity contribution in [3.8, 4) is 0 Å². The molecule has 2 heterocycles. The number of ether oxygens (including phenoxy) is 1. The number of halogens is 1. The Morgan fingerprint density at radius 1 is 1.09 bits per heavy atom. The molecule has 7 nitrogen and oxygen atoms in total. The number of hydrogen-bond donors (Lipinski definition) is 0. The highest BCUT2D eigenvalue weighted by Crippen LogP contribution is 2.33. The van der Waals surface area contributed by atoms with E-state index in [4.69, 9.17) is 4.74 Å². The van der Waals surface area contributed by atoms with E-state index >= 15 is 0 Å². The van der Waals surface area contributed by atoms with Crippen LogP contribution in [0.1, 0.15) is 50.4 Å². The summed E-state index contributed by atoms with van der Waals surface area (Å²) in [5, 5.41) is 0. The summed E-state index contributed by atoms with van der Waals surface area (Å²) in [6.45, 7) is 5.20. The van der Waals surface area contributed by atoms with Gasteiger partial charge in [-0.1, -0.05) is 25.1 Å². The summed E-state index contributed by atoms with van der Waals surface area (Å²) in [7, 11) is 0. The van der Waals surface area contributed by atoms with Crippen molar-refractivity contribution in [1.29, 1.82) is 0 Å². The molecule has 1 unspecified atom stereocenters. The van der Waals surface area contributed by atoms with E-state index in [2.05, 4.69) is 0 Å². The van der Waals surface area contributed by atoms with Gasteiger partial charge in [0, 0.05) is 43.5 Å². The molecule has 32 heavy (non-hydrogen) atoms. The van der Waals surface area contributed by atoms with Crippen LogP contribution in [0.4, 0.5) is 4.39 Å². The number of rotatable bonds is 9. The topological polar surface area (TPSA) is 71.9 Å². The van der Waals surface area contributed by atoms with E-state index < -0.39 is 12.0 Å². The fourth-order valence-corrected chi connectivity index (χ4v) is 4.09. The molecule has 0 bridgehead atoms. The van der Waals surface area contributed by atoms with Crippen molar-refractivity contribution in [3.63, 3.8) is 0 Å². The standard InChI is InChI=1S/C24H30FN3O4/c1-3-13-27(21(29)11-12-23(31)32-4-2)17-22(30)28-16-15-26-14-7-10-20(26)24(28)18-8-5-6-9-19(18)25/h5-10,14,24H,3-4,11-13,15-17H2,1-2H3. The number of benzene rings is 1. The highest BCUT2D eigenvalue weighted by atomic mass is 19.1. The Hall–Kier alpha value is -3.16. The number of carbonyl (C=O) groups is 3. The predicted molar refractivity (Wildman–Crippen MR) is 117 cm³/mol. The van der Waals surface area contributed by atoms with Crippen LogP contribution in [0, 0.1) is 5.82 Å². The van der Waals surface area contributed by atoms with Crippen LogP contribution >= 0.6 is 0 Å². The molecule has 2 aromatic rings. The lowest BCUT2D eigenvalue weighted by Crippen LogP contribution is -2.48. The smallest absolute Gasteiger partial charge is 0.306 e. The molecule has 0 radical (unpaired) electrons. The monoisotopic (exact) mass is 443 g/mol. The second-order valence-electron chi connectivity index (χ2n) is 7.76. The molecule has 0 fully saturated rings. The maximum absolute atomic E-state index is 14.7. The van der Waals surface area contributed by atoms with E-state index in [9.17, 15) is 18.8 Å². The van der Waals surface area contributed by atoms with E-state index in [-0.39, 0.29) is 43.6 Å². The van der Waals surface area contributed by atoms with Crippen molar-refractivity contribution in [2.24, 2.45) is 0 Å². The van der Waals surface area contributed by atoms with Crippen LogP contribution in [0.15, 0.2) is 42.6 Å². The zero-order valence-electron chi connectivity index (χ0n) is 18.6. The molecule has 0 saturated heterocycles. The van der Waals surface area contributed by atoms with E-state index in [1.54, 1.807) is 30.0 Å². The van der Waals surface area contributed by atoms with E-state index in [1.807, 2.05) is 29.8 Å². The minimum absolute atomic E-state index is 0.00823.